The molecule has 104 valence electrons. The van der Waals surface area contributed by atoms with Crippen LogP contribution in [0.5, 0.6) is 0 Å². The number of rotatable bonds is 4. The highest BCUT2D eigenvalue weighted by molar-refractivity contribution is 5.94. The summed E-state index contributed by atoms with van der Waals surface area (Å²) < 4.78 is 0. The Morgan fingerprint density at radius 1 is 1.42 bits per heavy atom. The highest BCUT2D eigenvalue weighted by Crippen LogP contribution is 2.29. The van der Waals surface area contributed by atoms with E-state index in [0.29, 0.717) is 11.6 Å². The molecule has 1 aromatic rings. The van der Waals surface area contributed by atoms with Crippen molar-refractivity contribution >= 4 is 11.7 Å². The predicted octanol–water partition coefficient (Wildman–Crippen LogP) is 4.07. The first-order valence-electron chi connectivity index (χ1n) is 7.20. The number of aryl methyl sites for hydroxylation is 1. The van der Waals surface area contributed by atoms with Gasteiger partial charge in [-0.1, -0.05) is 37.8 Å². The molecule has 2 unspecified atom stereocenters. The van der Waals surface area contributed by atoms with Gasteiger partial charge >= 0.3 is 5.97 Å². The van der Waals surface area contributed by atoms with Crippen LogP contribution in [0.15, 0.2) is 18.2 Å². The molecule has 1 fully saturated rings. The molecule has 19 heavy (non-hydrogen) atoms. The molecule has 0 bridgehead atoms. The molecule has 3 nitrogen and oxygen atoms in total. The Morgan fingerprint density at radius 3 is 2.89 bits per heavy atom. The highest BCUT2D eigenvalue weighted by Gasteiger charge is 2.22. The van der Waals surface area contributed by atoms with E-state index in [1.54, 1.807) is 6.07 Å². The number of aromatic carboxylic acids is 1. The summed E-state index contributed by atoms with van der Waals surface area (Å²) in [7, 11) is 0. The number of carboxylic acids is 1. The van der Waals surface area contributed by atoms with Crippen molar-refractivity contribution in [3.05, 3.63) is 29.3 Å². The molecule has 3 heteroatoms. The zero-order chi connectivity index (χ0) is 13.8. The van der Waals surface area contributed by atoms with Crippen LogP contribution in [-0.2, 0) is 0 Å². The molecule has 0 aliphatic heterocycles. The SMILES string of the molecule is CCC1CCCC(Nc2ccc(C)cc2C(=O)O)C1. The number of carbonyl (C=O) groups is 1. The number of hydrogen-bond donors (Lipinski definition) is 2. The van der Waals surface area contributed by atoms with E-state index in [0.717, 1.165) is 30.0 Å². The fourth-order valence-corrected chi connectivity index (χ4v) is 2.97. The second-order valence-corrected chi connectivity index (χ2v) is 5.64. The summed E-state index contributed by atoms with van der Waals surface area (Å²) in [6.45, 7) is 4.16. The van der Waals surface area contributed by atoms with Crippen LogP contribution in [0.1, 0.15) is 54.9 Å². The second kappa shape index (κ2) is 6.09. The quantitative estimate of drug-likeness (QED) is 0.858. The molecule has 2 rings (SSSR count). The Morgan fingerprint density at radius 2 is 2.21 bits per heavy atom. The molecule has 1 aliphatic rings. The van der Waals surface area contributed by atoms with E-state index in [9.17, 15) is 9.90 Å². The fourth-order valence-electron chi connectivity index (χ4n) is 2.97. The topological polar surface area (TPSA) is 49.3 Å². The van der Waals surface area contributed by atoms with Crippen molar-refractivity contribution in [2.75, 3.05) is 5.32 Å². The van der Waals surface area contributed by atoms with Crippen LogP contribution in [0.2, 0.25) is 0 Å². The monoisotopic (exact) mass is 261 g/mol. The number of benzene rings is 1. The Kier molecular flexibility index (Phi) is 4.46. The van der Waals surface area contributed by atoms with Gasteiger partial charge in [-0.3, -0.25) is 0 Å². The largest absolute Gasteiger partial charge is 0.478 e. The summed E-state index contributed by atoms with van der Waals surface area (Å²) in [4.78, 5) is 11.3. The van der Waals surface area contributed by atoms with Gasteiger partial charge in [-0.05, 0) is 37.8 Å². The molecular formula is C16H23NO2. The molecule has 2 N–H and O–H groups in total. The first kappa shape index (κ1) is 13.9. The Bertz CT molecular complexity index is 456. The summed E-state index contributed by atoms with van der Waals surface area (Å²) in [5, 5.41) is 12.7. The van der Waals surface area contributed by atoms with Crippen molar-refractivity contribution in [3.63, 3.8) is 0 Å². The minimum atomic E-state index is -0.853. The highest BCUT2D eigenvalue weighted by atomic mass is 16.4. The van der Waals surface area contributed by atoms with Gasteiger partial charge in [0.05, 0.1) is 5.56 Å². The van der Waals surface area contributed by atoms with Crippen molar-refractivity contribution in [2.45, 2.75) is 52.0 Å². The normalized spacial score (nSPS) is 23.1. The van der Waals surface area contributed by atoms with Crippen LogP contribution < -0.4 is 5.32 Å². The molecule has 2 atom stereocenters. The van der Waals surface area contributed by atoms with Gasteiger partial charge in [0, 0.05) is 11.7 Å². The summed E-state index contributed by atoms with van der Waals surface area (Å²) in [5.74, 6) is -0.0703. The first-order valence-corrected chi connectivity index (χ1v) is 7.20. The minimum absolute atomic E-state index is 0.388. The van der Waals surface area contributed by atoms with Gasteiger partial charge in [0.1, 0.15) is 0 Å². The van der Waals surface area contributed by atoms with Crippen LogP contribution in [0.3, 0.4) is 0 Å². The van der Waals surface area contributed by atoms with E-state index in [1.807, 2.05) is 19.1 Å². The minimum Gasteiger partial charge on any atom is -0.478 e. The van der Waals surface area contributed by atoms with E-state index < -0.39 is 5.97 Å². The van der Waals surface area contributed by atoms with Gasteiger partial charge in [0.2, 0.25) is 0 Å². The summed E-state index contributed by atoms with van der Waals surface area (Å²) in [6, 6.07) is 6.02. The lowest BCUT2D eigenvalue weighted by atomic mass is 9.84. The van der Waals surface area contributed by atoms with E-state index in [2.05, 4.69) is 12.2 Å². The van der Waals surface area contributed by atoms with Gasteiger partial charge in [-0.25, -0.2) is 4.79 Å². The van der Waals surface area contributed by atoms with Crippen molar-refractivity contribution in [2.24, 2.45) is 5.92 Å². The van der Waals surface area contributed by atoms with Gasteiger partial charge < -0.3 is 10.4 Å². The Balaban J connectivity index is 2.12. The lowest BCUT2D eigenvalue weighted by molar-refractivity contribution is 0.0697. The number of nitrogens with one attached hydrogen (secondary N) is 1. The number of carboxylic acid groups (broad SMARTS) is 1. The predicted molar refractivity (Wildman–Crippen MR) is 77.8 cm³/mol. The summed E-state index contributed by atoms with van der Waals surface area (Å²) in [5.41, 5.74) is 2.14. The maximum atomic E-state index is 11.3. The van der Waals surface area contributed by atoms with Crippen molar-refractivity contribution in [3.8, 4) is 0 Å². The molecule has 0 spiro atoms. The Labute approximate surface area is 115 Å². The molecule has 1 aliphatic carbocycles. The van der Waals surface area contributed by atoms with E-state index in [4.69, 9.17) is 0 Å². The van der Waals surface area contributed by atoms with Crippen LogP contribution in [0, 0.1) is 12.8 Å². The third-order valence-electron chi connectivity index (χ3n) is 4.13. The van der Waals surface area contributed by atoms with Gasteiger partial charge in [-0.2, -0.15) is 0 Å². The third-order valence-corrected chi connectivity index (χ3v) is 4.13. The molecule has 1 aromatic carbocycles. The van der Waals surface area contributed by atoms with Gasteiger partial charge in [0.25, 0.3) is 0 Å². The van der Waals surface area contributed by atoms with E-state index >= 15 is 0 Å². The molecule has 0 radical (unpaired) electrons. The summed E-state index contributed by atoms with van der Waals surface area (Å²) in [6.07, 6.45) is 6.07. The smallest absolute Gasteiger partial charge is 0.337 e. The van der Waals surface area contributed by atoms with Gasteiger partial charge in [-0.15, -0.1) is 0 Å². The third kappa shape index (κ3) is 3.49. The maximum absolute atomic E-state index is 11.3. The molecular weight excluding hydrogens is 238 g/mol. The molecule has 1 saturated carbocycles. The Hall–Kier alpha value is -1.51. The zero-order valence-corrected chi connectivity index (χ0v) is 11.8. The fraction of sp³-hybridized carbons (Fsp3) is 0.562. The van der Waals surface area contributed by atoms with Crippen molar-refractivity contribution in [1.82, 2.24) is 0 Å². The van der Waals surface area contributed by atoms with E-state index in [-0.39, 0.29) is 0 Å². The average Bonchev–Trinajstić information content (AvgIpc) is 2.41. The molecule has 0 saturated heterocycles. The van der Waals surface area contributed by atoms with Crippen LogP contribution in [0.25, 0.3) is 0 Å². The lowest BCUT2D eigenvalue weighted by Crippen LogP contribution is -2.27. The summed E-state index contributed by atoms with van der Waals surface area (Å²) >= 11 is 0. The average molecular weight is 261 g/mol. The van der Waals surface area contributed by atoms with Crippen LogP contribution >= 0.6 is 0 Å². The first-order chi connectivity index (χ1) is 9.10. The van der Waals surface area contributed by atoms with Crippen molar-refractivity contribution in [1.29, 1.82) is 0 Å². The lowest BCUT2D eigenvalue weighted by Gasteiger charge is -2.30. The van der Waals surface area contributed by atoms with Crippen LogP contribution in [-0.4, -0.2) is 17.1 Å². The zero-order valence-electron chi connectivity index (χ0n) is 11.8. The molecule has 0 aromatic heterocycles. The van der Waals surface area contributed by atoms with E-state index in [1.165, 1.54) is 19.3 Å². The molecule has 0 amide bonds. The number of hydrogen-bond acceptors (Lipinski definition) is 2. The maximum Gasteiger partial charge on any atom is 0.337 e. The van der Waals surface area contributed by atoms with Gasteiger partial charge in [0.15, 0.2) is 0 Å². The van der Waals surface area contributed by atoms with Crippen molar-refractivity contribution < 1.29 is 9.90 Å². The van der Waals surface area contributed by atoms with Crippen LogP contribution in [0.4, 0.5) is 5.69 Å². The standard InChI is InChI=1S/C16H23NO2/c1-3-12-5-4-6-13(10-12)17-15-8-7-11(2)9-14(15)16(18)19/h7-9,12-13,17H,3-6,10H2,1-2H3,(H,18,19). The second-order valence-electron chi connectivity index (χ2n) is 5.64. The molecule has 0 heterocycles. The number of anilines is 1.